The van der Waals surface area contributed by atoms with Crippen LogP contribution >= 0.6 is 27.5 Å². The Morgan fingerprint density at radius 3 is 2.58 bits per heavy atom. The Balaban J connectivity index is 1.89. The summed E-state index contributed by atoms with van der Waals surface area (Å²) >= 11 is 9.84. The van der Waals surface area contributed by atoms with Crippen LogP contribution in [-0.2, 0) is 11.2 Å². The third-order valence-electron chi connectivity index (χ3n) is 4.50. The number of nitrogens with one attached hydrogen (secondary N) is 1. The number of rotatable bonds is 6. The highest BCUT2D eigenvalue weighted by Crippen LogP contribution is 2.33. The molecule has 0 fully saturated rings. The Morgan fingerprint density at radius 1 is 1.23 bits per heavy atom. The maximum atomic E-state index is 13.0. The number of benzene rings is 3. The molecule has 31 heavy (non-hydrogen) atoms. The smallest absolute Gasteiger partial charge is 0.266 e. The van der Waals surface area contributed by atoms with E-state index in [0.717, 1.165) is 15.6 Å². The lowest BCUT2D eigenvalue weighted by Crippen LogP contribution is -2.13. The summed E-state index contributed by atoms with van der Waals surface area (Å²) in [4.78, 5) is 12.5. The zero-order chi connectivity index (χ0) is 22.4. The second-order valence-electron chi connectivity index (χ2n) is 6.58. The highest BCUT2D eigenvalue weighted by molar-refractivity contribution is 9.10. The van der Waals surface area contributed by atoms with Crippen LogP contribution in [0.15, 0.2) is 70.7 Å². The van der Waals surface area contributed by atoms with Gasteiger partial charge in [0.2, 0.25) is 0 Å². The Kier molecular flexibility index (Phi) is 7.45. The number of amides is 1. The van der Waals surface area contributed by atoms with Gasteiger partial charge in [0.15, 0.2) is 0 Å². The van der Waals surface area contributed by atoms with Crippen molar-refractivity contribution in [1.82, 2.24) is 0 Å². The van der Waals surface area contributed by atoms with Crippen molar-refractivity contribution in [2.45, 2.75) is 6.42 Å². The number of methoxy groups -OCH3 is 1. The maximum absolute atomic E-state index is 13.0. The SMILES string of the molecule is COc1cc(/C=C(\C#N)C(=O)Nc2ccc(F)cc2)cc(Br)c1Cc1ccccc1Cl. The minimum Gasteiger partial charge on any atom is -0.496 e. The molecule has 0 spiro atoms. The van der Waals surface area contributed by atoms with Crippen LogP contribution in [-0.4, -0.2) is 13.0 Å². The van der Waals surface area contributed by atoms with Gasteiger partial charge in [-0.2, -0.15) is 5.26 Å². The van der Waals surface area contributed by atoms with Crippen LogP contribution < -0.4 is 10.1 Å². The summed E-state index contributed by atoms with van der Waals surface area (Å²) < 4.78 is 19.3. The first-order valence-electron chi connectivity index (χ1n) is 9.19. The van der Waals surface area contributed by atoms with Crippen LogP contribution in [0.3, 0.4) is 0 Å². The standard InChI is InChI=1S/C24H17BrClFN2O2/c1-31-23-12-15(11-21(25)20(23)13-16-4-2-3-5-22(16)26)10-17(14-28)24(30)29-19-8-6-18(27)7-9-19/h2-12H,13H2,1H3,(H,29,30)/b17-10+. The first-order chi connectivity index (χ1) is 14.9. The van der Waals surface area contributed by atoms with Gasteiger partial charge in [0, 0.05) is 27.2 Å². The second-order valence-corrected chi connectivity index (χ2v) is 7.84. The van der Waals surface area contributed by atoms with Crippen molar-refractivity contribution in [3.8, 4) is 11.8 Å². The van der Waals surface area contributed by atoms with Crippen LogP contribution in [0.25, 0.3) is 6.08 Å². The molecule has 0 aromatic heterocycles. The lowest BCUT2D eigenvalue weighted by molar-refractivity contribution is -0.112. The van der Waals surface area contributed by atoms with Crippen molar-refractivity contribution in [1.29, 1.82) is 5.26 Å². The number of ether oxygens (including phenoxy) is 1. The summed E-state index contributed by atoms with van der Waals surface area (Å²) in [5, 5.41) is 12.7. The number of carbonyl (C=O) groups excluding carboxylic acids is 1. The van der Waals surface area contributed by atoms with E-state index in [-0.39, 0.29) is 5.57 Å². The van der Waals surface area contributed by atoms with Crippen molar-refractivity contribution >= 4 is 45.2 Å². The number of halogens is 3. The lowest BCUT2D eigenvalue weighted by Gasteiger charge is -2.13. The number of nitrogens with zero attached hydrogens (tertiary/aromatic N) is 1. The molecule has 156 valence electrons. The van der Waals surface area contributed by atoms with Gasteiger partial charge in [0.25, 0.3) is 5.91 Å². The number of anilines is 1. The molecule has 0 heterocycles. The fraction of sp³-hybridized carbons (Fsp3) is 0.0833. The van der Waals surface area contributed by atoms with Gasteiger partial charge in [0.1, 0.15) is 23.2 Å². The van der Waals surface area contributed by atoms with Crippen molar-refractivity contribution < 1.29 is 13.9 Å². The molecule has 7 heteroatoms. The van der Waals surface area contributed by atoms with Gasteiger partial charge in [0.05, 0.1) is 7.11 Å². The monoisotopic (exact) mass is 498 g/mol. The van der Waals surface area contributed by atoms with E-state index in [2.05, 4.69) is 21.2 Å². The molecule has 0 aliphatic carbocycles. The number of nitriles is 1. The predicted molar refractivity (Wildman–Crippen MR) is 124 cm³/mol. The second kappa shape index (κ2) is 10.3. The van der Waals surface area contributed by atoms with Crippen molar-refractivity contribution in [3.05, 3.63) is 98.2 Å². The molecule has 0 saturated carbocycles. The molecule has 3 aromatic carbocycles. The molecular formula is C24H17BrClFN2O2. The third kappa shape index (κ3) is 5.72. The van der Waals surface area contributed by atoms with Gasteiger partial charge in [-0.25, -0.2) is 4.39 Å². The average Bonchev–Trinajstić information content (AvgIpc) is 2.76. The van der Waals surface area contributed by atoms with Crippen LogP contribution in [0, 0.1) is 17.1 Å². The van der Waals surface area contributed by atoms with E-state index in [1.807, 2.05) is 30.3 Å². The zero-order valence-corrected chi connectivity index (χ0v) is 18.8. The average molecular weight is 500 g/mol. The number of hydrogen-bond donors (Lipinski definition) is 1. The van der Waals surface area contributed by atoms with Gasteiger partial charge < -0.3 is 10.1 Å². The molecule has 0 unspecified atom stereocenters. The van der Waals surface area contributed by atoms with E-state index >= 15 is 0 Å². The summed E-state index contributed by atoms with van der Waals surface area (Å²) in [6.45, 7) is 0. The summed E-state index contributed by atoms with van der Waals surface area (Å²) in [5.41, 5.74) is 2.74. The van der Waals surface area contributed by atoms with E-state index in [4.69, 9.17) is 16.3 Å². The zero-order valence-electron chi connectivity index (χ0n) is 16.5. The summed E-state index contributed by atoms with van der Waals surface area (Å²) in [6.07, 6.45) is 2.01. The molecule has 3 aromatic rings. The van der Waals surface area contributed by atoms with E-state index in [1.54, 1.807) is 19.2 Å². The van der Waals surface area contributed by atoms with E-state index in [0.29, 0.717) is 28.4 Å². The molecule has 0 atom stereocenters. The molecule has 1 N–H and O–H groups in total. The first kappa shape index (κ1) is 22.5. The Hall–Kier alpha value is -3.14. The molecule has 0 radical (unpaired) electrons. The molecule has 3 rings (SSSR count). The quantitative estimate of drug-likeness (QED) is 0.316. The molecule has 1 amide bonds. The minimum absolute atomic E-state index is 0.0999. The minimum atomic E-state index is -0.593. The van der Waals surface area contributed by atoms with Crippen molar-refractivity contribution in [2.75, 3.05) is 12.4 Å². The van der Waals surface area contributed by atoms with Gasteiger partial charge in [-0.1, -0.05) is 45.7 Å². The lowest BCUT2D eigenvalue weighted by atomic mass is 10.0. The summed E-state index contributed by atoms with van der Waals surface area (Å²) in [5.74, 6) is -0.413. The van der Waals surface area contributed by atoms with Gasteiger partial charge in [-0.15, -0.1) is 0 Å². The van der Waals surface area contributed by atoms with Crippen LogP contribution in [0.5, 0.6) is 5.75 Å². The largest absolute Gasteiger partial charge is 0.496 e. The van der Waals surface area contributed by atoms with Gasteiger partial charge in [-0.3, -0.25) is 4.79 Å². The fourth-order valence-electron chi connectivity index (χ4n) is 2.95. The van der Waals surface area contributed by atoms with Crippen LogP contribution in [0.4, 0.5) is 10.1 Å². The predicted octanol–water partition coefficient (Wildman–Crippen LogP) is 6.39. The Labute approximate surface area is 193 Å². The van der Waals surface area contributed by atoms with Crippen molar-refractivity contribution in [3.63, 3.8) is 0 Å². The molecular weight excluding hydrogens is 483 g/mol. The highest BCUT2D eigenvalue weighted by atomic mass is 79.9. The Morgan fingerprint density at radius 2 is 1.94 bits per heavy atom. The maximum Gasteiger partial charge on any atom is 0.266 e. The first-order valence-corrected chi connectivity index (χ1v) is 10.4. The number of carbonyl (C=O) groups is 1. The van der Waals surface area contributed by atoms with E-state index in [1.165, 1.54) is 30.3 Å². The van der Waals surface area contributed by atoms with Crippen LogP contribution in [0.1, 0.15) is 16.7 Å². The molecule has 0 aliphatic heterocycles. The van der Waals surface area contributed by atoms with Crippen LogP contribution in [0.2, 0.25) is 5.02 Å². The van der Waals surface area contributed by atoms with E-state index < -0.39 is 11.7 Å². The summed E-state index contributed by atoms with van der Waals surface area (Å²) in [6, 6.07) is 18.3. The van der Waals surface area contributed by atoms with Gasteiger partial charge in [-0.05, 0) is 59.7 Å². The van der Waals surface area contributed by atoms with Crippen molar-refractivity contribution in [2.24, 2.45) is 0 Å². The third-order valence-corrected chi connectivity index (χ3v) is 5.58. The normalized spacial score (nSPS) is 11.0. The topological polar surface area (TPSA) is 62.1 Å². The van der Waals surface area contributed by atoms with E-state index in [9.17, 15) is 14.4 Å². The fourth-order valence-corrected chi connectivity index (χ4v) is 3.75. The molecule has 0 bridgehead atoms. The molecule has 4 nitrogen and oxygen atoms in total. The molecule has 0 saturated heterocycles. The Bertz CT molecular complexity index is 1190. The summed E-state index contributed by atoms with van der Waals surface area (Å²) in [7, 11) is 1.55. The molecule has 0 aliphatic rings. The highest BCUT2D eigenvalue weighted by Gasteiger charge is 2.14. The van der Waals surface area contributed by atoms with Gasteiger partial charge >= 0.3 is 0 Å². The number of hydrogen-bond acceptors (Lipinski definition) is 3.